The summed E-state index contributed by atoms with van der Waals surface area (Å²) in [6, 6.07) is 0. The largest absolute Gasteiger partial charge is 0.370 e. The van der Waals surface area contributed by atoms with Crippen LogP contribution < -0.4 is 5.32 Å². The Kier molecular flexibility index (Phi) is 7.02. The predicted molar refractivity (Wildman–Crippen MR) is 78.4 cm³/mol. The van der Waals surface area contributed by atoms with E-state index in [1.165, 1.54) is 38.5 Å². The molecule has 0 atom stereocenters. The SMILES string of the molecule is CCCCCCCCNc1nc(Cl)nc(C)c1C. The number of hydrogen-bond acceptors (Lipinski definition) is 3. The van der Waals surface area contributed by atoms with E-state index < -0.39 is 0 Å². The van der Waals surface area contributed by atoms with Gasteiger partial charge in [0.1, 0.15) is 5.82 Å². The van der Waals surface area contributed by atoms with Crippen LogP contribution in [0.25, 0.3) is 0 Å². The molecule has 0 spiro atoms. The Morgan fingerprint density at radius 2 is 1.67 bits per heavy atom. The van der Waals surface area contributed by atoms with E-state index in [1.807, 2.05) is 13.8 Å². The van der Waals surface area contributed by atoms with Crippen LogP contribution in [0.15, 0.2) is 0 Å². The van der Waals surface area contributed by atoms with Crippen LogP contribution in [0.3, 0.4) is 0 Å². The zero-order chi connectivity index (χ0) is 13.4. The van der Waals surface area contributed by atoms with E-state index >= 15 is 0 Å². The summed E-state index contributed by atoms with van der Waals surface area (Å²) >= 11 is 5.86. The molecular formula is C14H24ClN3. The van der Waals surface area contributed by atoms with E-state index in [4.69, 9.17) is 11.6 Å². The second kappa shape index (κ2) is 8.30. The summed E-state index contributed by atoms with van der Waals surface area (Å²) in [4.78, 5) is 8.35. The molecule has 0 aliphatic carbocycles. The number of halogens is 1. The molecule has 4 heteroatoms. The second-order valence-electron chi connectivity index (χ2n) is 4.75. The lowest BCUT2D eigenvalue weighted by molar-refractivity contribution is 0.616. The van der Waals surface area contributed by atoms with Crippen LogP contribution in [-0.4, -0.2) is 16.5 Å². The molecule has 18 heavy (non-hydrogen) atoms. The van der Waals surface area contributed by atoms with Crippen molar-refractivity contribution in [3.8, 4) is 0 Å². The number of nitrogens with zero attached hydrogens (tertiary/aromatic N) is 2. The van der Waals surface area contributed by atoms with E-state index in [0.29, 0.717) is 5.28 Å². The molecule has 1 heterocycles. The highest BCUT2D eigenvalue weighted by molar-refractivity contribution is 6.28. The van der Waals surface area contributed by atoms with Crippen LogP contribution in [-0.2, 0) is 0 Å². The van der Waals surface area contributed by atoms with Crippen molar-refractivity contribution in [1.29, 1.82) is 0 Å². The minimum absolute atomic E-state index is 0.323. The van der Waals surface area contributed by atoms with Gasteiger partial charge >= 0.3 is 0 Å². The predicted octanol–water partition coefficient (Wildman–Crippen LogP) is 4.52. The third-order valence-electron chi connectivity index (χ3n) is 3.18. The number of unbranched alkanes of at least 4 members (excludes halogenated alkanes) is 5. The van der Waals surface area contributed by atoms with Gasteiger partial charge in [0.15, 0.2) is 0 Å². The first-order valence-electron chi connectivity index (χ1n) is 6.89. The standard InChI is InChI=1S/C14H24ClN3/c1-4-5-6-7-8-9-10-16-13-11(2)12(3)17-14(15)18-13/h4-10H2,1-3H3,(H,16,17,18). The number of aromatic nitrogens is 2. The fourth-order valence-corrected chi connectivity index (χ4v) is 2.09. The first-order valence-corrected chi connectivity index (χ1v) is 7.27. The lowest BCUT2D eigenvalue weighted by Gasteiger charge is -2.10. The molecule has 1 aromatic heterocycles. The number of anilines is 1. The first kappa shape index (κ1) is 15.2. The maximum atomic E-state index is 5.86. The van der Waals surface area contributed by atoms with Crippen molar-refractivity contribution in [3.63, 3.8) is 0 Å². The molecule has 0 bridgehead atoms. The Hall–Kier alpha value is -0.830. The molecule has 0 saturated heterocycles. The van der Waals surface area contributed by atoms with Gasteiger partial charge in [0, 0.05) is 17.8 Å². The summed E-state index contributed by atoms with van der Waals surface area (Å²) in [6.45, 7) is 7.18. The molecule has 0 amide bonds. The molecule has 0 radical (unpaired) electrons. The minimum Gasteiger partial charge on any atom is -0.370 e. The Morgan fingerprint density at radius 3 is 2.39 bits per heavy atom. The monoisotopic (exact) mass is 269 g/mol. The lowest BCUT2D eigenvalue weighted by Crippen LogP contribution is -2.07. The summed E-state index contributed by atoms with van der Waals surface area (Å²) < 4.78 is 0. The topological polar surface area (TPSA) is 37.8 Å². The smallest absolute Gasteiger partial charge is 0.224 e. The van der Waals surface area contributed by atoms with Crippen molar-refractivity contribution in [2.45, 2.75) is 59.3 Å². The van der Waals surface area contributed by atoms with Gasteiger partial charge in [-0.1, -0.05) is 39.0 Å². The average Bonchev–Trinajstić information content (AvgIpc) is 2.33. The van der Waals surface area contributed by atoms with Gasteiger partial charge in [-0.15, -0.1) is 0 Å². The fourth-order valence-electron chi connectivity index (χ4n) is 1.88. The average molecular weight is 270 g/mol. The van der Waals surface area contributed by atoms with Gasteiger partial charge in [-0.3, -0.25) is 0 Å². The molecule has 1 N–H and O–H groups in total. The van der Waals surface area contributed by atoms with E-state index in [9.17, 15) is 0 Å². The van der Waals surface area contributed by atoms with Crippen molar-refractivity contribution in [3.05, 3.63) is 16.5 Å². The zero-order valence-corrected chi connectivity index (χ0v) is 12.5. The van der Waals surface area contributed by atoms with Crippen molar-refractivity contribution >= 4 is 17.4 Å². The molecule has 1 rings (SSSR count). The highest BCUT2D eigenvalue weighted by Gasteiger charge is 2.05. The first-order chi connectivity index (χ1) is 8.65. The Morgan fingerprint density at radius 1 is 1.00 bits per heavy atom. The van der Waals surface area contributed by atoms with Gasteiger partial charge in [0.25, 0.3) is 0 Å². The summed E-state index contributed by atoms with van der Waals surface area (Å²) in [7, 11) is 0. The summed E-state index contributed by atoms with van der Waals surface area (Å²) in [5.74, 6) is 0.876. The third-order valence-corrected chi connectivity index (χ3v) is 3.35. The Labute approximate surface area is 115 Å². The van der Waals surface area contributed by atoms with Gasteiger partial charge in [0.05, 0.1) is 0 Å². The lowest BCUT2D eigenvalue weighted by atomic mass is 10.1. The maximum Gasteiger partial charge on any atom is 0.224 e. The van der Waals surface area contributed by atoms with Gasteiger partial charge in [-0.05, 0) is 31.9 Å². The van der Waals surface area contributed by atoms with Gasteiger partial charge < -0.3 is 5.32 Å². The molecular weight excluding hydrogens is 246 g/mol. The second-order valence-corrected chi connectivity index (χ2v) is 5.08. The quantitative estimate of drug-likeness (QED) is 0.557. The molecule has 0 saturated carbocycles. The molecule has 3 nitrogen and oxygen atoms in total. The number of hydrogen-bond donors (Lipinski definition) is 1. The summed E-state index contributed by atoms with van der Waals surface area (Å²) in [5.41, 5.74) is 2.03. The maximum absolute atomic E-state index is 5.86. The van der Waals surface area contributed by atoms with Gasteiger partial charge in [0.2, 0.25) is 5.28 Å². The van der Waals surface area contributed by atoms with Gasteiger partial charge in [-0.2, -0.15) is 0 Å². The highest BCUT2D eigenvalue weighted by Crippen LogP contribution is 2.17. The normalized spacial score (nSPS) is 10.7. The molecule has 0 aromatic carbocycles. The molecule has 102 valence electrons. The number of nitrogens with one attached hydrogen (secondary N) is 1. The highest BCUT2D eigenvalue weighted by atomic mass is 35.5. The van der Waals surface area contributed by atoms with Crippen molar-refractivity contribution in [1.82, 2.24) is 9.97 Å². The van der Waals surface area contributed by atoms with E-state index in [0.717, 1.165) is 23.6 Å². The molecule has 0 unspecified atom stereocenters. The van der Waals surface area contributed by atoms with Crippen molar-refractivity contribution < 1.29 is 0 Å². The zero-order valence-electron chi connectivity index (χ0n) is 11.7. The van der Waals surface area contributed by atoms with Gasteiger partial charge in [-0.25, -0.2) is 9.97 Å². The van der Waals surface area contributed by atoms with E-state index in [-0.39, 0.29) is 0 Å². The van der Waals surface area contributed by atoms with Crippen LogP contribution in [0.1, 0.15) is 56.7 Å². The molecule has 0 aliphatic heterocycles. The Bertz CT molecular complexity index is 366. The van der Waals surface area contributed by atoms with E-state index in [2.05, 4.69) is 22.2 Å². The van der Waals surface area contributed by atoms with Crippen LogP contribution in [0, 0.1) is 13.8 Å². The molecule has 1 aromatic rings. The van der Waals surface area contributed by atoms with Crippen LogP contribution in [0.4, 0.5) is 5.82 Å². The van der Waals surface area contributed by atoms with Crippen molar-refractivity contribution in [2.24, 2.45) is 0 Å². The molecule has 0 aliphatic rings. The van der Waals surface area contributed by atoms with E-state index in [1.54, 1.807) is 0 Å². The minimum atomic E-state index is 0.323. The molecule has 0 fully saturated rings. The summed E-state index contributed by atoms with van der Waals surface area (Å²) in [5, 5.41) is 3.67. The van der Waals surface area contributed by atoms with Crippen LogP contribution >= 0.6 is 11.6 Å². The Balaban J connectivity index is 2.27. The fraction of sp³-hybridized carbons (Fsp3) is 0.714. The number of rotatable bonds is 8. The number of aryl methyl sites for hydroxylation is 1. The summed E-state index contributed by atoms with van der Waals surface area (Å²) in [6.07, 6.45) is 7.81. The van der Waals surface area contributed by atoms with Crippen LogP contribution in [0.2, 0.25) is 5.28 Å². The van der Waals surface area contributed by atoms with Crippen molar-refractivity contribution in [2.75, 3.05) is 11.9 Å². The third kappa shape index (κ3) is 5.21. The van der Waals surface area contributed by atoms with Crippen LogP contribution in [0.5, 0.6) is 0 Å².